The first-order valence-electron chi connectivity index (χ1n) is 6.50. The van der Waals surface area contributed by atoms with Crippen LogP contribution < -0.4 is 0 Å². The van der Waals surface area contributed by atoms with Crippen molar-refractivity contribution in [2.45, 2.75) is 6.42 Å². The van der Waals surface area contributed by atoms with Crippen molar-refractivity contribution in [3.63, 3.8) is 0 Å². The van der Waals surface area contributed by atoms with Crippen LogP contribution in [-0.4, -0.2) is 5.78 Å². The average Bonchev–Trinajstić information content (AvgIpc) is 2.51. The van der Waals surface area contributed by atoms with Crippen molar-refractivity contribution in [2.75, 3.05) is 0 Å². The molecule has 0 amide bonds. The molecule has 98 valence electrons. The molecule has 0 fully saturated rings. The van der Waals surface area contributed by atoms with Crippen LogP contribution in [-0.2, 0) is 6.42 Å². The molecule has 0 aliphatic carbocycles. The van der Waals surface area contributed by atoms with E-state index in [1.165, 1.54) is 0 Å². The summed E-state index contributed by atoms with van der Waals surface area (Å²) < 4.78 is 14.4. The molecule has 0 saturated carbocycles. The molecular weight excluding hydrogens is 251 g/mol. The molecule has 1 nitrogen and oxygen atoms in total. The molecule has 0 heterocycles. The molecule has 0 aromatic heterocycles. The van der Waals surface area contributed by atoms with Crippen LogP contribution in [0, 0.1) is 5.82 Å². The van der Waals surface area contributed by atoms with E-state index in [1.807, 2.05) is 36.4 Å². The van der Waals surface area contributed by atoms with Gasteiger partial charge in [0.15, 0.2) is 5.78 Å². The zero-order valence-corrected chi connectivity index (χ0v) is 10.8. The van der Waals surface area contributed by atoms with E-state index in [0.29, 0.717) is 16.5 Å². The van der Waals surface area contributed by atoms with Gasteiger partial charge in [-0.05, 0) is 10.9 Å². The summed E-state index contributed by atoms with van der Waals surface area (Å²) in [5.74, 6) is -0.368. The Hall–Kier alpha value is -2.48. The second kappa shape index (κ2) is 5.25. The molecule has 0 N–H and O–H groups in total. The number of carbonyl (C=O) groups excluding carboxylic acids is 1. The van der Waals surface area contributed by atoms with Gasteiger partial charge in [-0.1, -0.05) is 66.7 Å². The Bertz CT molecular complexity index is 763. The Morgan fingerprint density at radius 3 is 2.35 bits per heavy atom. The molecule has 2 heteroatoms. The quantitative estimate of drug-likeness (QED) is 0.641. The van der Waals surface area contributed by atoms with Crippen LogP contribution >= 0.6 is 0 Å². The summed E-state index contributed by atoms with van der Waals surface area (Å²) in [6.45, 7) is 0. The topological polar surface area (TPSA) is 17.1 Å². The largest absolute Gasteiger partial charge is 0.294 e. The van der Waals surface area contributed by atoms with Crippen LogP contribution in [0.2, 0.25) is 0 Å². The van der Waals surface area contributed by atoms with Crippen LogP contribution in [0.4, 0.5) is 4.39 Å². The standard InChI is InChI=1S/C18H13FO/c19-18-15(11-10-13-6-4-5-9-16(13)18)12-17(20)14-7-2-1-3-8-14/h1-11H,12H2. The van der Waals surface area contributed by atoms with E-state index in [2.05, 4.69) is 0 Å². The fourth-order valence-corrected chi connectivity index (χ4v) is 2.31. The van der Waals surface area contributed by atoms with Crippen LogP contribution in [0.3, 0.4) is 0 Å². The van der Waals surface area contributed by atoms with Crippen molar-refractivity contribution in [3.05, 3.63) is 83.7 Å². The molecule has 0 aliphatic rings. The second-order valence-electron chi connectivity index (χ2n) is 4.73. The highest BCUT2D eigenvalue weighted by Gasteiger charge is 2.12. The highest BCUT2D eigenvalue weighted by Crippen LogP contribution is 2.22. The minimum Gasteiger partial charge on any atom is -0.294 e. The Morgan fingerprint density at radius 1 is 0.850 bits per heavy atom. The molecule has 0 atom stereocenters. The van der Waals surface area contributed by atoms with E-state index in [0.717, 1.165) is 5.39 Å². The number of ketones is 1. The third kappa shape index (κ3) is 2.32. The summed E-state index contributed by atoms with van der Waals surface area (Å²) in [6.07, 6.45) is 0.0840. The number of fused-ring (bicyclic) bond motifs is 1. The lowest BCUT2D eigenvalue weighted by Gasteiger charge is -2.06. The van der Waals surface area contributed by atoms with Crippen LogP contribution in [0.5, 0.6) is 0 Å². The number of benzene rings is 3. The molecule has 0 unspecified atom stereocenters. The van der Waals surface area contributed by atoms with Crippen molar-refractivity contribution < 1.29 is 9.18 Å². The van der Waals surface area contributed by atoms with Gasteiger partial charge in [0.05, 0.1) is 0 Å². The molecule has 3 rings (SSSR count). The molecule has 3 aromatic rings. The molecule has 0 spiro atoms. The lowest BCUT2D eigenvalue weighted by atomic mass is 9.99. The summed E-state index contributed by atoms with van der Waals surface area (Å²) in [5, 5.41) is 1.41. The average molecular weight is 264 g/mol. The lowest BCUT2D eigenvalue weighted by molar-refractivity contribution is 0.0992. The monoisotopic (exact) mass is 264 g/mol. The third-order valence-electron chi connectivity index (χ3n) is 3.39. The van der Waals surface area contributed by atoms with Gasteiger partial charge >= 0.3 is 0 Å². The molecule has 3 aromatic carbocycles. The summed E-state index contributed by atoms with van der Waals surface area (Å²) in [5.41, 5.74) is 1.05. The van der Waals surface area contributed by atoms with E-state index >= 15 is 0 Å². The van der Waals surface area contributed by atoms with E-state index in [1.54, 1.807) is 30.3 Å². The summed E-state index contributed by atoms with van der Waals surface area (Å²) >= 11 is 0. The van der Waals surface area contributed by atoms with E-state index < -0.39 is 0 Å². The maximum absolute atomic E-state index is 14.4. The van der Waals surface area contributed by atoms with Crippen molar-refractivity contribution in [1.82, 2.24) is 0 Å². The number of hydrogen-bond acceptors (Lipinski definition) is 1. The third-order valence-corrected chi connectivity index (χ3v) is 3.39. The first-order chi connectivity index (χ1) is 9.75. The molecule has 0 aliphatic heterocycles. The van der Waals surface area contributed by atoms with Gasteiger partial charge in [0.1, 0.15) is 5.82 Å². The highest BCUT2D eigenvalue weighted by atomic mass is 19.1. The predicted molar refractivity (Wildman–Crippen MR) is 78.4 cm³/mol. The van der Waals surface area contributed by atoms with Crippen molar-refractivity contribution in [3.8, 4) is 0 Å². The maximum Gasteiger partial charge on any atom is 0.167 e. The van der Waals surface area contributed by atoms with E-state index in [4.69, 9.17) is 0 Å². The normalized spacial score (nSPS) is 10.7. The number of hydrogen-bond donors (Lipinski definition) is 0. The highest BCUT2D eigenvalue weighted by molar-refractivity contribution is 5.98. The molecule has 0 saturated heterocycles. The van der Waals surface area contributed by atoms with Crippen molar-refractivity contribution >= 4 is 16.6 Å². The minimum atomic E-state index is -0.299. The summed E-state index contributed by atoms with van der Waals surface area (Å²) in [7, 11) is 0. The van der Waals surface area contributed by atoms with Crippen molar-refractivity contribution in [1.29, 1.82) is 0 Å². The first-order valence-corrected chi connectivity index (χ1v) is 6.50. The zero-order chi connectivity index (χ0) is 13.9. The Labute approximate surface area is 116 Å². The predicted octanol–water partition coefficient (Wildman–Crippen LogP) is 4.40. The Balaban J connectivity index is 1.95. The molecule has 20 heavy (non-hydrogen) atoms. The second-order valence-corrected chi connectivity index (χ2v) is 4.73. The van der Waals surface area contributed by atoms with Gasteiger partial charge in [-0.3, -0.25) is 4.79 Å². The molecular formula is C18H13FO. The SMILES string of the molecule is O=C(Cc1ccc2ccccc2c1F)c1ccccc1. The lowest BCUT2D eigenvalue weighted by Crippen LogP contribution is -2.05. The fraction of sp³-hybridized carbons (Fsp3) is 0.0556. The van der Waals surface area contributed by atoms with Crippen LogP contribution in [0.1, 0.15) is 15.9 Å². The van der Waals surface area contributed by atoms with Gasteiger partial charge in [0.2, 0.25) is 0 Å². The molecule has 0 bridgehead atoms. The minimum absolute atomic E-state index is 0.0696. The van der Waals surface area contributed by atoms with Crippen LogP contribution in [0.25, 0.3) is 10.8 Å². The number of Topliss-reactive ketones (excluding diaryl/α,β-unsaturated/α-hetero) is 1. The van der Waals surface area contributed by atoms with Crippen LogP contribution in [0.15, 0.2) is 66.7 Å². The first kappa shape index (κ1) is 12.5. The number of rotatable bonds is 3. The fourth-order valence-electron chi connectivity index (χ4n) is 2.31. The van der Waals surface area contributed by atoms with Gasteiger partial charge in [-0.2, -0.15) is 0 Å². The van der Waals surface area contributed by atoms with Gasteiger partial charge in [-0.15, -0.1) is 0 Å². The number of halogens is 1. The Kier molecular flexibility index (Phi) is 3.30. The van der Waals surface area contributed by atoms with Gasteiger partial charge in [-0.25, -0.2) is 4.39 Å². The van der Waals surface area contributed by atoms with Gasteiger partial charge < -0.3 is 0 Å². The molecule has 0 radical (unpaired) electrons. The smallest absolute Gasteiger partial charge is 0.167 e. The van der Waals surface area contributed by atoms with Crippen molar-refractivity contribution in [2.24, 2.45) is 0 Å². The van der Waals surface area contributed by atoms with E-state index in [-0.39, 0.29) is 18.0 Å². The van der Waals surface area contributed by atoms with Gasteiger partial charge in [0.25, 0.3) is 0 Å². The summed E-state index contributed by atoms with van der Waals surface area (Å²) in [4.78, 5) is 12.1. The van der Waals surface area contributed by atoms with E-state index in [9.17, 15) is 9.18 Å². The zero-order valence-electron chi connectivity index (χ0n) is 10.8. The maximum atomic E-state index is 14.4. The Morgan fingerprint density at radius 2 is 1.55 bits per heavy atom. The summed E-state index contributed by atoms with van der Waals surface area (Å²) in [6, 6.07) is 19.8. The number of carbonyl (C=O) groups is 1. The van der Waals surface area contributed by atoms with Gasteiger partial charge in [0, 0.05) is 17.4 Å².